The first-order valence-corrected chi connectivity index (χ1v) is 8.39. The lowest BCUT2D eigenvalue weighted by atomic mass is 10.1. The molecule has 2 heterocycles. The first-order valence-electron chi connectivity index (χ1n) is 8.01. The van der Waals surface area contributed by atoms with Crippen LogP contribution in [0, 0.1) is 0 Å². The molecule has 0 aliphatic carbocycles. The van der Waals surface area contributed by atoms with Crippen molar-refractivity contribution in [1.82, 2.24) is 9.80 Å². The molecule has 3 rings (SSSR count). The molecule has 0 aromatic heterocycles. The highest BCUT2D eigenvalue weighted by Gasteiger charge is 2.37. The summed E-state index contributed by atoms with van der Waals surface area (Å²) in [7, 11) is 3.08. The summed E-state index contributed by atoms with van der Waals surface area (Å²) in [6.45, 7) is 4.98. The van der Waals surface area contributed by atoms with Crippen molar-refractivity contribution in [3.8, 4) is 11.5 Å². The Kier molecular flexibility index (Phi) is 4.69. The number of hydrogen-bond donors (Lipinski definition) is 0. The van der Waals surface area contributed by atoms with Gasteiger partial charge in [-0.25, -0.2) is 0 Å². The summed E-state index contributed by atoms with van der Waals surface area (Å²) in [5.74, 6) is 0.946. The minimum Gasteiger partial charge on any atom is -0.493 e. The van der Waals surface area contributed by atoms with E-state index in [1.54, 1.807) is 19.2 Å². The Morgan fingerprint density at radius 1 is 1.26 bits per heavy atom. The Bertz CT molecular complexity index is 608. The Balaban J connectivity index is 1.86. The first-order chi connectivity index (χ1) is 11.0. The molecule has 1 amide bonds. The molecule has 2 aliphatic heterocycles. The maximum Gasteiger partial charge on any atom is 0.254 e. The van der Waals surface area contributed by atoms with E-state index in [0.717, 1.165) is 19.6 Å². The van der Waals surface area contributed by atoms with Crippen molar-refractivity contribution < 1.29 is 14.3 Å². The second-order valence-electron chi connectivity index (χ2n) is 6.29. The number of piperazine rings is 1. The highest BCUT2D eigenvalue weighted by molar-refractivity contribution is 6.32. The van der Waals surface area contributed by atoms with Crippen LogP contribution >= 0.6 is 11.6 Å². The normalized spacial score (nSPS) is 24.4. The van der Waals surface area contributed by atoms with Crippen molar-refractivity contribution in [3.05, 3.63) is 22.7 Å². The minimum atomic E-state index is 0.00639. The third-order valence-electron chi connectivity index (χ3n) is 4.88. The van der Waals surface area contributed by atoms with E-state index in [1.807, 2.05) is 4.90 Å². The number of nitrogens with zero attached hydrogens (tertiary/aromatic N) is 2. The lowest BCUT2D eigenvalue weighted by Crippen LogP contribution is -2.56. The molecule has 0 bridgehead atoms. The number of amides is 1. The van der Waals surface area contributed by atoms with Gasteiger partial charge in [-0.05, 0) is 38.4 Å². The Morgan fingerprint density at radius 3 is 2.74 bits per heavy atom. The third-order valence-corrected chi connectivity index (χ3v) is 5.16. The molecular formula is C17H23ClN2O3. The summed E-state index contributed by atoms with van der Waals surface area (Å²) < 4.78 is 10.5. The molecule has 0 spiro atoms. The summed E-state index contributed by atoms with van der Waals surface area (Å²) in [6.07, 6.45) is 2.39. The quantitative estimate of drug-likeness (QED) is 0.849. The number of ether oxygens (including phenoxy) is 2. The molecule has 2 fully saturated rings. The molecular weight excluding hydrogens is 316 g/mol. The fourth-order valence-corrected chi connectivity index (χ4v) is 3.97. The number of benzene rings is 1. The number of hydrogen-bond acceptors (Lipinski definition) is 4. The van der Waals surface area contributed by atoms with Crippen LogP contribution in [0.1, 0.15) is 30.1 Å². The van der Waals surface area contributed by atoms with Gasteiger partial charge >= 0.3 is 0 Å². The number of carbonyl (C=O) groups excluding carboxylic acids is 1. The zero-order chi connectivity index (χ0) is 16.6. The van der Waals surface area contributed by atoms with Gasteiger partial charge < -0.3 is 14.4 Å². The van der Waals surface area contributed by atoms with Crippen LogP contribution in [0.4, 0.5) is 0 Å². The van der Waals surface area contributed by atoms with Crippen LogP contribution in [-0.4, -0.2) is 61.6 Å². The van der Waals surface area contributed by atoms with Gasteiger partial charge in [0.25, 0.3) is 5.91 Å². The van der Waals surface area contributed by atoms with Crippen LogP contribution in [-0.2, 0) is 0 Å². The van der Waals surface area contributed by atoms with Crippen molar-refractivity contribution in [3.63, 3.8) is 0 Å². The number of rotatable bonds is 3. The predicted octanol–water partition coefficient (Wildman–Crippen LogP) is 2.67. The van der Waals surface area contributed by atoms with Gasteiger partial charge in [-0.2, -0.15) is 0 Å². The molecule has 1 aromatic carbocycles. The van der Waals surface area contributed by atoms with Crippen molar-refractivity contribution in [2.45, 2.75) is 31.8 Å². The largest absolute Gasteiger partial charge is 0.493 e. The lowest BCUT2D eigenvalue weighted by molar-refractivity contribution is 0.0395. The van der Waals surface area contributed by atoms with E-state index in [2.05, 4.69) is 11.8 Å². The van der Waals surface area contributed by atoms with Gasteiger partial charge in [0.1, 0.15) is 0 Å². The first kappa shape index (κ1) is 16.4. The molecule has 2 saturated heterocycles. The van der Waals surface area contributed by atoms with Gasteiger partial charge in [-0.15, -0.1) is 0 Å². The average molecular weight is 339 g/mol. The van der Waals surface area contributed by atoms with Crippen LogP contribution in [0.3, 0.4) is 0 Å². The molecule has 0 radical (unpaired) electrons. The maximum atomic E-state index is 13.0. The zero-order valence-electron chi connectivity index (χ0n) is 13.8. The Labute approximate surface area is 142 Å². The van der Waals surface area contributed by atoms with Crippen LogP contribution in [0.2, 0.25) is 5.02 Å². The molecule has 0 saturated carbocycles. The summed E-state index contributed by atoms with van der Waals surface area (Å²) in [5, 5.41) is 0.391. The highest BCUT2D eigenvalue weighted by Crippen LogP contribution is 2.37. The smallest absolute Gasteiger partial charge is 0.254 e. The van der Waals surface area contributed by atoms with E-state index in [9.17, 15) is 4.79 Å². The Hall–Kier alpha value is -1.46. The topological polar surface area (TPSA) is 42.0 Å². The highest BCUT2D eigenvalue weighted by atomic mass is 35.5. The standard InChI is InChI=1S/C17H23ClN2O3/c1-11-9-19-6-4-5-13(19)10-20(11)17(21)12-7-14(18)16(23-3)15(8-12)22-2/h7-8,11,13H,4-6,9-10H2,1-3H3. The van der Waals surface area contributed by atoms with E-state index in [4.69, 9.17) is 21.1 Å². The summed E-state index contributed by atoms with van der Waals surface area (Å²) in [6, 6.07) is 4.06. The van der Waals surface area contributed by atoms with Crippen LogP contribution in [0.5, 0.6) is 11.5 Å². The summed E-state index contributed by atoms with van der Waals surface area (Å²) in [5.41, 5.74) is 0.547. The van der Waals surface area contributed by atoms with E-state index in [-0.39, 0.29) is 11.9 Å². The van der Waals surface area contributed by atoms with E-state index in [0.29, 0.717) is 28.1 Å². The molecule has 5 nitrogen and oxygen atoms in total. The second kappa shape index (κ2) is 6.57. The van der Waals surface area contributed by atoms with Crippen LogP contribution in [0.15, 0.2) is 12.1 Å². The van der Waals surface area contributed by atoms with Crippen LogP contribution in [0.25, 0.3) is 0 Å². The molecule has 2 aliphatic rings. The third kappa shape index (κ3) is 3.00. The van der Waals surface area contributed by atoms with Gasteiger partial charge in [-0.1, -0.05) is 11.6 Å². The van der Waals surface area contributed by atoms with Gasteiger partial charge in [0.05, 0.1) is 19.2 Å². The van der Waals surface area contributed by atoms with Crippen molar-refractivity contribution >= 4 is 17.5 Å². The van der Waals surface area contributed by atoms with E-state index in [1.165, 1.54) is 20.0 Å². The van der Waals surface area contributed by atoms with Crippen molar-refractivity contribution in [1.29, 1.82) is 0 Å². The van der Waals surface area contributed by atoms with E-state index < -0.39 is 0 Å². The maximum absolute atomic E-state index is 13.0. The van der Waals surface area contributed by atoms with Crippen molar-refractivity contribution in [2.24, 2.45) is 0 Å². The van der Waals surface area contributed by atoms with Gasteiger partial charge in [0.15, 0.2) is 11.5 Å². The summed E-state index contributed by atoms with van der Waals surface area (Å²) in [4.78, 5) is 17.4. The SMILES string of the molecule is COc1cc(C(=O)N2CC3CCCN3CC2C)cc(Cl)c1OC. The van der Waals surface area contributed by atoms with Gasteiger partial charge in [-0.3, -0.25) is 9.69 Å². The fraction of sp³-hybridized carbons (Fsp3) is 0.588. The monoisotopic (exact) mass is 338 g/mol. The van der Waals surface area contributed by atoms with Gasteiger partial charge in [0.2, 0.25) is 0 Å². The number of halogens is 1. The second-order valence-corrected chi connectivity index (χ2v) is 6.70. The molecule has 23 heavy (non-hydrogen) atoms. The predicted molar refractivity (Wildman–Crippen MR) is 89.6 cm³/mol. The molecule has 6 heteroatoms. The van der Waals surface area contributed by atoms with Gasteiger partial charge in [0, 0.05) is 30.7 Å². The molecule has 2 atom stereocenters. The molecule has 1 aromatic rings. The number of methoxy groups -OCH3 is 2. The Morgan fingerprint density at radius 2 is 2.04 bits per heavy atom. The molecule has 2 unspecified atom stereocenters. The van der Waals surface area contributed by atoms with Crippen LogP contribution < -0.4 is 9.47 Å². The van der Waals surface area contributed by atoms with E-state index >= 15 is 0 Å². The number of fused-ring (bicyclic) bond motifs is 1. The molecule has 0 N–H and O–H groups in total. The lowest BCUT2D eigenvalue weighted by Gasteiger charge is -2.42. The van der Waals surface area contributed by atoms with Crippen molar-refractivity contribution in [2.75, 3.05) is 33.9 Å². The zero-order valence-corrected chi connectivity index (χ0v) is 14.6. The average Bonchev–Trinajstić information content (AvgIpc) is 2.99. The molecule has 126 valence electrons. The minimum absolute atomic E-state index is 0.00639. The fourth-order valence-electron chi connectivity index (χ4n) is 3.68. The summed E-state index contributed by atoms with van der Waals surface area (Å²) >= 11 is 6.24. The number of carbonyl (C=O) groups is 1.